The fourth-order valence-corrected chi connectivity index (χ4v) is 4.95. The molecule has 0 bridgehead atoms. The number of pyridine rings is 1. The van der Waals surface area contributed by atoms with Crippen LogP contribution in [0.15, 0.2) is 60.9 Å². The minimum absolute atomic E-state index is 0.230. The van der Waals surface area contributed by atoms with Crippen LogP contribution in [0.1, 0.15) is 22.6 Å². The van der Waals surface area contributed by atoms with Crippen molar-refractivity contribution in [3.8, 4) is 11.1 Å². The number of hydrogen-bond donors (Lipinski definition) is 0. The molecule has 29 heavy (non-hydrogen) atoms. The van der Waals surface area contributed by atoms with Crippen molar-refractivity contribution in [1.29, 1.82) is 0 Å². The number of hydrogen-bond acceptors (Lipinski definition) is 2. The number of likely N-dealkylation sites (N-methyl/N-ethyl adjacent to an activating group) is 1. The molecule has 0 fully saturated rings. The van der Waals surface area contributed by atoms with E-state index in [4.69, 9.17) is 23.2 Å². The highest BCUT2D eigenvalue weighted by molar-refractivity contribution is 6.35. The van der Waals surface area contributed by atoms with Crippen LogP contribution in [-0.2, 0) is 13.6 Å². The first-order chi connectivity index (χ1) is 14.0. The highest BCUT2D eigenvalue weighted by Gasteiger charge is 2.27. The zero-order valence-electron chi connectivity index (χ0n) is 16.4. The molecule has 5 heteroatoms. The molecular formula is C24H21Cl2N3. The van der Waals surface area contributed by atoms with Gasteiger partial charge in [-0.1, -0.05) is 47.5 Å². The number of benzene rings is 2. The number of nitrogens with zero attached hydrogens (tertiary/aromatic N) is 3. The zero-order chi connectivity index (χ0) is 20.1. The third-order valence-corrected chi connectivity index (χ3v) is 6.38. The molecule has 3 heterocycles. The van der Waals surface area contributed by atoms with Gasteiger partial charge in [0.2, 0.25) is 0 Å². The topological polar surface area (TPSA) is 21.1 Å². The molecule has 2 aromatic carbocycles. The number of fused-ring (bicyclic) bond motifs is 2. The highest BCUT2D eigenvalue weighted by atomic mass is 35.5. The third kappa shape index (κ3) is 3.33. The van der Waals surface area contributed by atoms with E-state index in [1.165, 1.54) is 22.3 Å². The van der Waals surface area contributed by atoms with Crippen LogP contribution < -0.4 is 0 Å². The van der Waals surface area contributed by atoms with Gasteiger partial charge in [-0.05, 0) is 53.6 Å². The summed E-state index contributed by atoms with van der Waals surface area (Å²) in [5.74, 6) is 0.230. The molecule has 0 amide bonds. The Labute approximate surface area is 180 Å². The van der Waals surface area contributed by atoms with Gasteiger partial charge in [-0.25, -0.2) is 4.98 Å². The van der Waals surface area contributed by atoms with E-state index in [9.17, 15) is 0 Å². The van der Waals surface area contributed by atoms with Gasteiger partial charge in [0.05, 0.1) is 0 Å². The molecule has 0 N–H and O–H groups in total. The standard InChI is InChI=1S/C24H21Cl2N3/c1-28-13-21(20-10-19(25)11-23(26)22(20)14-28)16-5-3-4-15(8-16)18-9-17-6-7-29(2)24(17)27-12-18/h3-12,21H,13-14H2,1-2H3. The van der Waals surface area contributed by atoms with Crippen LogP contribution in [0.2, 0.25) is 10.0 Å². The molecule has 1 unspecified atom stereocenters. The van der Waals surface area contributed by atoms with E-state index in [1.807, 2.05) is 30.1 Å². The lowest BCUT2D eigenvalue weighted by Gasteiger charge is -2.33. The summed E-state index contributed by atoms with van der Waals surface area (Å²) in [6.07, 6.45) is 4.00. The van der Waals surface area contributed by atoms with Crippen molar-refractivity contribution >= 4 is 34.2 Å². The van der Waals surface area contributed by atoms with Gasteiger partial charge in [0.15, 0.2) is 0 Å². The molecule has 0 saturated heterocycles. The molecule has 146 valence electrons. The van der Waals surface area contributed by atoms with Gasteiger partial charge in [-0.2, -0.15) is 0 Å². The second kappa shape index (κ2) is 7.17. The van der Waals surface area contributed by atoms with E-state index in [2.05, 4.69) is 59.4 Å². The summed E-state index contributed by atoms with van der Waals surface area (Å²) >= 11 is 12.9. The Morgan fingerprint density at radius 1 is 1.00 bits per heavy atom. The average Bonchev–Trinajstić information content (AvgIpc) is 3.08. The van der Waals surface area contributed by atoms with Gasteiger partial charge in [0.25, 0.3) is 0 Å². The maximum absolute atomic E-state index is 6.53. The van der Waals surface area contributed by atoms with Crippen molar-refractivity contribution in [3.05, 3.63) is 87.7 Å². The Morgan fingerprint density at radius 3 is 2.72 bits per heavy atom. The van der Waals surface area contributed by atoms with Gasteiger partial charge in [0.1, 0.15) is 5.65 Å². The van der Waals surface area contributed by atoms with Gasteiger partial charge in [-0.3, -0.25) is 0 Å². The van der Waals surface area contributed by atoms with E-state index in [0.717, 1.165) is 34.7 Å². The lowest BCUT2D eigenvalue weighted by molar-refractivity contribution is 0.295. The second-order valence-corrected chi connectivity index (χ2v) is 8.74. The number of aryl methyl sites for hydroxylation is 1. The minimum Gasteiger partial charge on any atom is -0.336 e. The van der Waals surface area contributed by atoms with E-state index in [1.54, 1.807) is 0 Å². The highest BCUT2D eigenvalue weighted by Crippen LogP contribution is 2.39. The van der Waals surface area contributed by atoms with Crippen molar-refractivity contribution in [1.82, 2.24) is 14.5 Å². The molecule has 0 aliphatic carbocycles. The molecular weight excluding hydrogens is 401 g/mol. The van der Waals surface area contributed by atoms with Crippen LogP contribution in [0, 0.1) is 0 Å². The van der Waals surface area contributed by atoms with Crippen molar-refractivity contribution in [2.24, 2.45) is 7.05 Å². The summed E-state index contributed by atoms with van der Waals surface area (Å²) in [7, 11) is 4.15. The molecule has 2 aromatic heterocycles. The Bertz CT molecular complexity index is 1230. The summed E-state index contributed by atoms with van der Waals surface area (Å²) < 4.78 is 2.04. The smallest absolute Gasteiger partial charge is 0.139 e. The minimum atomic E-state index is 0.230. The van der Waals surface area contributed by atoms with Gasteiger partial charge in [0, 0.05) is 59.4 Å². The lowest BCUT2D eigenvalue weighted by atomic mass is 9.84. The molecule has 0 radical (unpaired) electrons. The van der Waals surface area contributed by atoms with E-state index in [0.29, 0.717) is 5.02 Å². The number of rotatable bonds is 2. The van der Waals surface area contributed by atoms with Gasteiger partial charge in [-0.15, -0.1) is 0 Å². The van der Waals surface area contributed by atoms with Crippen LogP contribution in [0.5, 0.6) is 0 Å². The Kier molecular flexibility index (Phi) is 4.62. The van der Waals surface area contributed by atoms with Crippen LogP contribution in [-0.4, -0.2) is 28.0 Å². The summed E-state index contributed by atoms with van der Waals surface area (Å²) in [6.45, 7) is 1.78. The van der Waals surface area contributed by atoms with Crippen LogP contribution in [0.25, 0.3) is 22.2 Å². The summed E-state index contributed by atoms with van der Waals surface area (Å²) in [4.78, 5) is 6.97. The molecule has 4 aromatic rings. The van der Waals surface area contributed by atoms with Gasteiger partial charge >= 0.3 is 0 Å². The summed E-state index contributed by atoms with van der Waals surface area (Å²) in [5, 5.41) is 2.59. The Morgan fingerprint density at radius 2 is 1.86 bits per heavy atom. The van der Waals surface area contributed by atoms with E-state index in [-0.39, 0.29) is 5.92 Å². The predicted molar refractivity (Wildman–Crippen MR) is 121 cm³/mol. The average molecular weight is 422 g/mol. The normalized spacial score (nSPS) is 16.9. The lowest BCUT2D eigenvalue weighted by Crippen LogP contribution is -2.31. The van der Waals surface area contributed by atoms with Crippen molar-refractivity contribution in [2.45, 2.75) is 12.5 Å². The van der Waals surface area contributed by atoms with Crippen molar-refractivity contribution in [2.75, 3.05) is 13.6 Å². The number of aromatic nitrogens is 2. The van der Waals surface area contributed by atoms with Crippen LogP contribution in [0.4, 0.5) is 0 Å². The largest absolute Gasteiger partial charge is 0.336 e. The summed E-state index contributed by atoms with van der Waals surface area (Å²) in [6, 6.07) is 17.0. The van der Waals surface area contributed by atoms with Crippen molar-refractivity contribution < 1.29 is 0 Å². The summed E-state index contributed by atoms with van der Waals surface area (Å²) in [5.41, 5.74) is 6.96. The van der Waals surface area contributed by atoms with E-state index < -0.39 is 0 Å². The molecule has 0 spiro atoms. The molecule has 1 atom stereocenters. The van der Waals surface area contributed by atoms with E-state index >= 15 is 0 Å². The fraction of sp³-hybridized carbons (Fsp3) is 0.208. The molecule has 1 aliphatic rings. The quantitative estimate of drug-likeness (QED) is 0.388. The maximum Gasteiger partial charge on any atom is 0.139 e. The molecule has 1 aliphatic heterocycles. The molecule has 3 nitrogen and oxygen atoms in total. The first-order valence-electron chi connectivity index (χ1n) is 9.67. The van der Waals surface area contributed by atoms with Crippen LogP contribution in [0.3, 0.4) is 0 Å². The third-order valence-electron chi connectivity index (χ3n) is 5.82. The predicted octanol–water partition coefficient (Wildman–Crippen LogP) is 6.12. The van der Waals surface area contributed by atoms with Gasteiger partial charge < -0.3 is 9.47 Å². The first kappa shape index (κ1) is 18.7. The maximum atomic E-state index is 6.53. The second-order valence-electron chi connectivity index (χ2n) is 7.89. The number of halogens is 2. The SMILES string of the molecule is CN1Cc2c(Cl)cc(Cl)cc2C(c2cccc(-c3cnc4c(ccn4C)c3)c2)C1. The zero-order valence-corrected chi connectivity index (χ0v) is 17.9. The first-order valence-corrected chi connectivity index (χ1v) is 10.4. The van der Waals surface area contributed by atoms with Crippen molar-refractivity contribution in [3.63, 3.8) is 0 Å². The Hall–Kier alpha value is -2.33. The monoisotopic (exact) mass is 421 g/mol. The molecule has 0 saturated carbocycles. The van der Waals surface area contributed by atoms with Crippen LogP contribution >= 0.6 is 23.2 Å². The molecule has 5 rings (SSSR count). The Balaban J connectivity index is 1.59. The fourth-order valence-electron chi connectivity index (χ4n) is 4.38.